The minimum Gasteiger partial charge on any atom is -0.378 e. The quantitative estimate of drug-likeness (QED) is 0.761. The summed E-state index contributed by atoms with van der Waals surface area (Å²) in [5.74, 6) is -0.0616. The summed E-state index contributed by atoms with van der Waals surface area (Å²) < 4.78 is 2.91. The Morgan fingerprint density at radius 3 is 3.10 bits per heavy atom. The van der Waals surface area contributed by atoms with Crippen LogP contribution in [0.3, 0.4) is 0 Å². The van der Waals surface area contributed by atoms with Crippen LogP contribution in [0, 0.1) is 0 Å². The van der Waals surface area contributed by atoms with Crippen molar-refractivity contribution in [3.63, 3.8) is 0 Å². The minimum atomic E-state index is -0.0616. The molecule has 2 heterocycles. The van der Waals surface area contributed by atoms with Gasteiger partial charge in [-0.2, -0.15) is 5.10 Å². The highest BCUT2D eigenvalue weighted by Crippen LogP contribution is 2.26. The van der Waals surface area contributed by atoms with E-state index in [0.717, 1.165) is 12.2 Å². The number of amides is 1. The topological polar surface area (TPSA) is 59.0 Å². The largest absolute Gasteiger partial charge is 0.378 e. The van der Waals surface area contributed by atoms with Crippen LogP contribution in [0.25, 0.3) is 10.1 Å². The first-order valence-electron chi connectivity index (χ1n) is 6.68. The highest BCUT2D eigenvalue weighted by molar-refractivity contribution is 7.17. The van der Waals surface area contributed by atoms with E-state index < -0.39 is 0 Å². The second-order valence-electron chi connectivity index (χ2n) is 4.71. The Hall–Kier alpha value is -2.34. The van der Waals surface area contributed by atoms with Crippen LogP contribution in [-0.4, -0.2) is 22.7 Å². The van der Waals surface area contributed by atoms with Gasteiger partial charge in [-0.15, -0.1) is 11.3 Å². The van der Waals surface area contributed by atoms with E-state index in [1.54, 1.807) is 29.3 Å². The van der Waals surface area contributed by atoms with Crippen LogP contribution >= 0.6 is 11.3 Å². The molecule has 21 heavy (non-hydrogen) atoms. The van der Waals surface area contributed by atoms with Gasteiger partial charge in [-0.05, 0) is 22.4 Å². The summed E-state index contributed by atoms with van der Waals surface area (Å²) in [5.41, 5.74) is 2.18. The molecule has 0 fully saturated rings. The molecular formula is C15H16N4OS. The lowest BCUT2D eigenvalue weighted by molar-refractivity contribution is -0.121. The number of thiophene rings is 1. The van der Waals surface area contributed by atoms with Crippen molar-refractivity contribution >= 4 is 33.0 Å². The third-order valence-electron chi connectivity index (χ3n) is 3.26. The number of aromatic nitrogens is 2. The van der Waals surface area contributed by atoms with Crippen LogP contribution in [0.5, 0.6) is 0 Å². The Labute approximate surface area is 126 Å². The number of rotatable bonds is 5. The second-order valence-corrected chi connectivity index (χ2v) is 5.62. The molecule has 0 radical (unpaired) electrons. The molecule has 0 saturated heterocycles. The standard InChI is InChI=1S/C15H16N4OS/c1-16-15(20)9-19-8-12(7-18-19)17-6-11-10-21-14-5-3-2-4-13(11)14/h2-5,7-8,10,17H,6,9H2,1H3,(H,16,20). The zero-order chi connectivity index (χ0) is 14.7. The SMILES string of the molecule is CNC(=O)Cn1cc(NCc2csc3ccccc23)cn1. The van der Waals surface area contributed by atoms with E-state index in [-0.39, 0.29) is 12.5 Å². The van der Waals surface area contributed by atoms with Crippen molar-refractivity contribution in [2.45, 2.75) is 13.1 Å². The fraction of sp³-hybridized carbons (Fsp3) is 0.200. The molecule has 0 aliphatic carbocycles. The summed E-state index contributed by atoms with van der Waals surface area (Å²) in [6.45, 7) is 0.981. The van der Waals surface area contributed by atoms with Crippen molar-refractivity contribution in [1.29, 1.82) is 0 Å². The number of hydrogen-bond acceptors (Lipinski definition) is 4. The molecule has 0 aliphatic rings. The summed E-state index contributed by atoms with van der Waals surface area (Å²) in [6, 6.07) is 8.38. The molecule has 1 aromatic carbocycles. The van der Waals surface area contributed by atoms with E-state index in [1.807, 2.05) is 6.20 Å². The smallest absolute Gasteiger partial charge is 0.241 e. The number of hydrogen-bond donors (Lipinski definition) is 2. The lowest BCUT2D eigenvalue weighted by atomic mass is 10.2. The lowest BCUT2D eigenvalue weighted by Gasteiger charge is -2.02. The van der Waals surface area contributed by atoms with Crippen molar-refractivity contribution in [1.82, 2.24) is 15.1 Å². The number of likely N-dealkylation sites (N-methyl/N-ethyl adjacent to an activating group) is 1. The van der Waals surface area contributed by atoms with Gasteiger partial charge in [0.05, 0.1) is 11.9 Å². The Kier molecular flexibility index (Phi) is 3.87. The maximum atomic E-state index is 11.3. The van der Waals surface area contributed by atoms with Gasteiger partial charge >= 0.3 is 0 Å². The normalized spacial score (nSPS) is 10.7. The van der Waals surface area contributed by atoms with Gasteiger partial charge in [0.1, 0.15) is 6.54 Å². The minimum absolute atomic E-state index is 0.0616. The fourth-order valence-corrected chi connectivity index (χ4v) is 3.10. The molecule has 3 aromatic rings. The number of carbonyl (C=O) groups excluding carboxylic acids is 1. The molecule has 5 nitrogen and oxygen atoms in total. The molecule has 108 valence electrons. The molecule has 3 rings (SSSR count). The molecule has 0 saturated carbocycles. The van der Waals surface area contributed by atoms with Gasteiger partial charge < -0.3 is 10.6 Å². The Bertz CT molecular complexity index is 762. The van der Waals surface area contributed by atoms with Crippen LogP contribution in [0.1, 0.15) is 5.56 Å². The first kappa shape index (κ1) is 13.6. The van der Waals surface area contributed by atoms with E-state index in [4.69, 9.17) is 0 Å². The van der Waals surface area contributed by atoms with Crippen molar-refractivity contribution < 1.29 is 4.79 Å². The second kappa shape index (κ2) is 5.97. The molecule has 2 aromatic heterocycles. The predicted molar refractivity (Wildman–Crippen MR) is 85.4 cm³/mol. The monoisotopic (exact) mass is 300 g/mol. The number of fused-ring (bicyclic) bond motifs is 1. The molecule has 6 heteroatoms. The highest BCUT2D eigenvalue weighted by atomic mass is 32.1. The molecule has 2 N–H and O–H groups in total. The molecule has 0 bridgehead atoms. The number of nitrogens with one attached hydrogen (secondary N) is 2. The summed E-state index contributed by atoms with van der Waals surface area (Å²) in [6.07, 6.45) is 3.57. The molecule has 0 spiro atoms. The van der Waals surface area contributed by atoms with Gasteiger partial charge in [-0.1, -0.05) is 18.2 Å². The van der Waals surface area contributed by atoms with Crippen molar-refractivity contribution in [3.8, 4) is 0 Å². The van der Waals surface area contributed by atoms with Crippen molar-refractivity contribution in [2.24, 2.45) is 0 Å². The average Bonchev–Trinajstić information content (AvgIpc) is 3.11. The third-order valence-corrected chi connectivity index (χ3v) is 4.27. The summed E-state index contributed by atoms with van der Waals surface area (Å²) in [5, 5.41) is 13.5. The van der Waals surface area contributed by atoms with Gasteiger partial charge in [-0.25, -0.2) is 0 Å². The van der Waals surface area contributed by atoms with E-state index in [9.17, 15) is 4.79 Å². The molecule has 0 unspecified atom stereocenters. The summed E-state index contributed by atoms with van der Waals surface area (Å²) >= 11 is 1.75. The number of benzene rings is 1. The zero-order valence-corrected chi connectivity index (χ0v) is 12.5. The number of carbonyl (C=O) groups is 1. The van der Waals surface area contributed by atoms with Crippen LogP contribution < -0.4 is 10.6 Å². The summed E-state index contributed by atoms with van der Waals surface area (Å²) in [7, 11) is 1.62. The third kappa shape index (κ3) is 3.05. The average molecular weight is 300 g/mol. The van der Waals surface area contributed by atoms with Crippen molar-refractivity contribution in [3.05, 3.63) is 47.6 Å². The van der Waals surface area contributed by atoms with Crippen molar-refractivity contribution in [2.75, 3.05) is 12.4 Å². The molecular weight excluding hydrogens is 284 g/mol. The lowest BCUT2D eigenvalue weighted by Crippen LogP contribution is -2.23. The van der Waals surface area contributed by atoms with Crippen LogP contribution in [-0.2, 0) is 17.9 Å². The fourth-order valence-electron chi connectivity index (χ4n) is 2.13. The maximum Gasteiger partial charge on any atom is 0.241 e. The van der Waals surface area contributed by atoms with E-state index in [0.29, 0.717) is 0 Å². The zero-order valence-electron chi connectivity index (χ0n) is 11.7. The van der Waals surface area contributed by atoms with Gasteiger partial charge in [-0.3, -0.25) is 9.48 Å². The Morgan fingerprint density at radius 2 is 2.24 bits per heavy atom. The van der Waals surface area contributed by atoms with E-state index >= 15 is 0 Å². The molecule has 0 atom stereocenters. The van der Waals surface area contributed by atoms with E-state index in [2.05, 4.69) is 45.4 Å². The highest BCUT2D eigenvalue weighted by Gasteiger charge is 2.05. The molecule has 0 aliphatic heterocycles. The maximum absolute atomic E-state index is 11.3. The number of nitrogens with zero attached hydrogens (tertiary/aromatic N) is 2. The van der Waals surface area contributed by atoms with Crippen LogP contribution in [0.2, 0.25) is 0 Å². The van der Waals surface area contributed by atoms with E-state index in [1.165, 1.54) is 15.6 Å². The van der Waals surface area contributed by atoms with Gasteiger partial charge in [0.2, 0.25) is 5.91 Å². The van der Waals surface area contributed by atoms with Crippen LogP contribution in [0.4, 0.5) is 5.69 Å². The predicted octanol–water partition coefficient (Wildman–Crippen LogP) is 2.46. The Balaban J connectivity index is 1.66. The van der Waals surface area contributed by atoms with Gasteiger partial charge in [0.25, 0.3) is 0 Å². The Morgan fingerprint density at radius 1 is 1.38 bits per heavy atom. The first-order chi connectivity index (χ1) is 10.3. The van der Waals surface area contributed by atoms with Gasteiger partial charge in [0.15, 0.2) is 0 Å². The molecule has 1 amide bonds. The first-order valence-corrected chi connectivity index (χ1v) is 7.56. The number of anilines is 1. The van der Waals surface area contributed by atoms with Crippen LogP contribution in [0.15, 0.2) is 42.0 Å². The van der Waals surface area contributed by atoms with Gasteiger partial charge in [0, 0.05) is 24.5 Å². The summed E-state index contributed by atoms with van der Waals surface area (Å²) in [4.78, 5) is 11.3.